The van der Waals surface area contributed by atoms with E-state index in [0.29, 0.717) is 39.2 Å². The van der Waals surface area contributed by atoms with Gasteiger partial charge in [-0.1, -0.05) is 48.5 Å². The normalized spacial score (nSPS) is 20.0. The van der Waals surface area contributed by atoms with Crippen LogP contribution in [0.4, 0.5) is 11.6 Å². The van der Waals surface area contributed by atoms with Crippen molar-refractivity contribution < 1.29 is 42.6 Å². The Morgan fingerprint density at radius 2 is 1.54 bits per heavy atom. The number of hydrogen-bond acceptors (Lipinski definition) is 11. The van der Waals surface area contributed by atoms with Crippen LogP contribution in [0.15, 0.2) is 94.7 Å². The van der Waals surface area contributed by atoms with Crippen molar-refractivity contribution in [2.75, 3.05) is 18.6 Å². The van der Waals surface area contributed by atoms with Crippen molar-refractivity contribution in [1.82, 2.24) is 4.57 Å². The van der Waals surface area contributed by atoms with Gasteiger partial charge in [-0.2, -0.15) is 9.13 Å². The van der Waals surface area contributed by atoms with Crippen LogP contribution in [0.2, 0.25) is 0 Å². The van der Waals surface area contributed by atoms with Gasteiger partial charge in [0.05, 0.1) is 7.11 Å². The molecule has 0 unspecified atom stereocenters. The molecule has 3 heterocycles. The van der Waals surface area contributed by atoms with Crippen LogP contribution in [0.3, 0.4) is 0 Å². The van der Waals surface area contributed by atoms with Gasteiger partial charge in [0.2, 0.25) is 6.23 Å². The van der Waals surface area contributed by atoms with Crippen LogP contribution in [-0.2, 0) is 33.3 Å². The van der Waals surface area contributed by atoms with Gasteiger partial charge in [-0.05, 0) is 42.0 Å². The standard InChI is InChI=1S/C35H33N3O9S/c1-20(39)44-19-27(45-21(2)40)30-31(46-22(3)41)29-33(47-30)36(24-13-9-6-10-14-24)35-37(25-15-17-26(43-4)18-16-25)34(48)28(32(42)38(29)35)23-11-7-5-8-12-23/h5-18,27,29-31,33H,19H2,1-4H3/p+1/t27-,29-,30-,31-,33+/m1/s1. The average molecular weight is 673 g/mol. The third-order valence-electron chi connectivity index (χ3n) is 8.16. The zero-order chi connectivity index (χ0) is 34.1. The number of anilines is 2. The number of aromatic nitrogens is 2. The Labute approximate surface area is 281 Å². The molecule has 13 heteroatoms. The zero-order valence-corrected chi connectivity index (χ0v) is 27.5. The molecule has 0 amide bonds. The highest BCUT2D eigenvalue weighted by Crippen LogP contribution is 2.48. The summed E-state index contributed by atoms with van der Waals surface area (Å²) in [6.07, 6.45) is -4.39. The summed E-state index contributed by atoms with van der Waals surface area (Å²) in [6, 6.07) is 24.8. The zero-order valence-electron chi connectivity index (χ0n) is 26.6. The van der Waals surface area contributed by atoms with Crippen molar-refractivity contribution in [3.63, 3.8) is 0 Å². The number of nitrogens with zero attached hydrogens (tertiary/aromatic N) is 3. The predicted molar refractivity (Wildman–Crippen MR) is 175 cm³/mol. The Kier molecular flexibility index (Phi) is 9.24. The Morgan fingerprint density at radius 1 is 0.896 bits per heavy atom. The van der Waals surface area contributed by atoms with E-state index in [-0.39, 0.29) is 6.61 Å². The van der Waals surface area contributed by atoms with E-state index in [2.05, 4.69) is 0 Å². The molecule has 4 aromatic rings. The molecule has 0 spiro atoms. The fourth-order valence-corrected chi connectivity index (χ4v) is 6.73. The molecule has 48 heavy (non-hydrogen) atoms. The summed E-state index contributed by atoms with van der Waals surface area (Å²) in [6.45, 7) is 3.32. The quantitative estimate of drug-likeness (QED) is 0.0919. The first kappa shape index (κ1) is 32.8. The molecule has 0 N–H and O–H groups in total. The van der Waals surface area contributed by atoms with Gasteiger partial charge in [0, 0.05) is 20.8 Å². The fourth-order valence-electron chi connectivity index (χ4n) is 6.30. The molecule has 0 bridgehead atoms. The van der Waals surface area contributed by atoms with Crippen molar-refractivity contribution in [2.24, 2.45) is 0 Å². The topological polar surface area (TPSA) is 126 Å². The minimum Gasteiger partial charge on any atom is -0.497 e. The number of methoxy groups -OCH3 is 1. The van der Waals surface area contributed by atoms with Crippen LogP contribution in [0.25, 0.3) is 16.8 Å². The van der Waals surface area contributed by atoms with E-state index in [1.807, 2.05) is 82.3 Å². The van der Waals surface area contributed by atoms with Crippen LogP contribution in [0.5, 0.6) is 5.75 Å². The minimum atomic E-state index is -1.16. The predicted octanol–water partition coefficient (Wildman–Crippen LogP) is 3.93. The van der Waals surface area contributed by atoms with Crippen molar-refractivity contribution in [1.29, 1.82) is 0 Å². The Morgan fingerprint density at radius 3 is 2.12 bits per heavy atom. The summed E-state index contributed by atoms with van der Waals surface area (Å²) in [7, 11) is 1.57. The summed E-state index contributed by atoms with van der Waals surface area (Å²) in [4.78, 5) is 53.5. The third kappa shape index (κ3) is 6.02. The first-order chi connectivity index (χ1) is 23.1. The van der Waals surface area contributed by atoms with E-state index in [0.717, 1.165) is 0 Å². The molecule has 6 rings (SSSR count). The van der Waals surface area contributed by atoms with Gasteiger partial charge in [0.25, 0.3) is 0 Å². The lowest BCUT2D eigenvalue weighted by Gasteiger charge is -2.28. The summed E-state index contributed by atoms with van der Waals surface area (Å²) in [5, 5.41) is 0.358. The highest BCUT2D eigenvalue weighted by Gasteiger charge is 2.64. The van der Waals surface area contributed by atoms with Gasteiger partial charge in [0.15, 0.2) is 23.3 Å². The molecule has 0 aliphatic carbocycles. The molecule has 5 atom stereocenters. The second kappa shape index (κ2) is 13.5. The van der Waals surface area contributed by atoms with Crippen LogP contribution in [0.1, 0.15) is 26.8 Å². The Bertz CT molecular complexity index is 1900. The van der Waals surface area contributed by atoms with Crippen molar-refractivity contribution in [2.45, 2.75) is 56.4 Å². The van der Waals surface area contributed by atoms with Gasteiger partial charge < -0.3 is 23.7 Å². The Balaban J connectivity index is 1.66. The molecule has 0 saturated carbocycles. The summed E-state index contributed by atoms with van der Waals surface area (Å²) in [5.41, 5.74) is 1.83. The maximum atomic E-state index is 14.9. The van der Waals surface area contributed by atoms with Gasteiger partial charge in [-0.15, -0.1) is 12.6 Å². The molecule has 2 aliphatic rings. The first-order valence-corrected chi connectivity index (χ1v) is 15.7. The van der Waals surface area contributed by atoms with Crippen LogP contribution >= 0.6 is 12.6 Å². The highest BCUT2D eigenvalue weighted by molar-refractivity contribution is 7.80. The monoisotopic (exact) mass is 672 g/mol. The Hall–Kier alpha value is -5.14. The van der Waals surface area contributed by atoms with Gasteiger partial charge >= 0.3 is 29.4 Å². The van der Waals surface area contributed by atoms with Crippen LogP contribution in [0, 0.1) is 0 Å². The molecule has 0 radical (unpaired) electrons. The van der Waals surface area contributed by atoms with Crippen LogP contribution in [-0.4, -0.2) is 60.7 Å². The van der Waals surface area contributed by atoms with E-state index in [1.54, 1.807) is 23.8 Å². The smallest absolute Gasteiger partial charge is 0.376 e. The number of ether oxygens (including phenoxy) is 5. The molecule has 1 saturated heterocycles. The van der Waals surface area contributed by atoms with Crippen molar-refractivity contribution >= 4 is 42.2 Å². The lowest BCUT2D eigenvalue weighted by atomic mass is 10.0. The number of hydrogen-bond donors (Lipinski definition) is 1. The number of carbonyl (C=O) groups is 3. The number of thiol groups is 1. The number of benzene rings is 3. The van der Waals surface area contributed by atoms with E-state index in [1.165, 1.54) is 20.8 Å². The van der Waals surface area contributed by atoms with Crippen molar-refractivity contribution in [3.8, 4) is 22.6 Å². The molecule has 12 nitrogen and oxygen atoms in total. The molecular formula is C35H34N3O9S+. The second-order valence-corrected chi connectivity index (χ2v) is 11.7. The van der Waals surface area contributed by atoms with Crippen molar-refractivity contribution in [3.05, 3.63) is 95.3 Å². The van der Waals surface area contributed by atoms with E-state index in [4.69, 9.17) is 36.3 Å². The summed E-state index contributed by atoms with van der Waals surface area (Å²) in [5.74, 6) is -0.884. The SMILES string of the molecule is COc1ccc(-[n+]2c(S)c(-c3ccccc3)c(=O)n3c2N(c2ccccc2)[C@H]2O[C@H]([C@@H](COC(C)=O)OC(C)=O)[C@H](OC(C)=O)[C@H]23)cc1. The fraction of sp³-hybridized carbons (Fsp3) is 0.286. The van der Waals surface area contributed by atoms with Gasteiger partial charge in [-0.3, -0.25) is 19.2 Å². The number of esters is 3. The average Bonchev–Trinajstić information content (AvgIpc) is 3.58. The number of fused-ring (bicyclic) bond motifs is 3. The maximum Gasteiger partial charge on any atom is 0.376 e. The van der Waals surface area contributed by atoms with E-state index >= 15 is 0 Å². The molecule has 248 valence electrons. The van der Waals surface area contributed by atoms with Gasteiger partial charge in [0.1, 0.15) is 35.4 Å². The van der Waals surface area contributed by atoms with E-state index < -0.39 is 54.0 Å². The molecular weight excluding hydrogens is 638 g/mol. The molecule has 1 aromatic heterocycles. The van der Waals surface area contributed by atoms with Crippen LogP contribution < -0.4 is 19.8 Å². The lowest BCUT2D eigenvalue weighted by molar-refractivity contribution is -0.625. The largest absolute Gasteiger partial charge is 0.497 e. The molecule has 2 aliphatic heterocycles. The lowest BCUT2D eigenvalue weighted by Crippen LogP contribution is -2.49. The minimum absolute atomic E-state index is 0.300. The highest BCUT2D eigenvalue weighted by atomic mass is 32.1. The molecule has 3 aromatic carbocycles. The van der Waals surface area contributed by atoms with Gasteiger partial charge in [-0.25, -0.2) is 4.90 Å². The third-order valence-corrected chi connectivity index (χ3v) is 8.59. The first-order valence-electron chi connectivity index (χ1n) is 15.2. The number of rotatable bonds is 9. The summed E-state index contributed by atoms with van der Waals surface area (Å²) < 4.78 is 32.2. The number of carbonyl (C=O) groups excluding carboxylic acids is 3. The van der Waals surface area contributed by atoms with E-state index in [9.17, 15) is 19.2 Å². The number of para-hydroxylation sites is 1. The second-order valence-electron chi connectivity index (χ2n) is 11.3. The summed E-state index contributed by atoms with van der Waals surface area (Å²) >= 11 is 4.98. The maximum absolute atomic E-state index is 14.9. The molecule has 1 fully saturated rings.